The van der Waals surface area contributed by atoms with E-state index in [9.17, 15) is 18.0 Å². The fourth-order valence-corrected chi connectivity index (χ4v) is 3.89. The Kier molecular flexibility index (Phi) is 5.76. The third-order valence-corrected chi connectivity index (χ3v) is 5.42. The Bertz CT molecular complexity index is 1580. The van der Waals surface area contributed by atoms with E-state index in [1.54, 1.807) is 18.2 Å². The maximum atomic E-state index is 14.2. The van der Waals surface area contributed by atoms with E-state index in [0.29, 0.717) is 15.5 Å². The van der Waals surface area contributed by atoms with Crippen LogP contribution in [0.5, 0.6) is 5.88 Å². The van der Waals surface area contributed by atoms with E-state index >= 15 is 0 Å². The van der Waals surface area contributed by atoms with Gasteiger partial charge in [-0.2, -0.15) is 28.5 Å². The second-order valence-electron chi connectivity index (χ2n) is 7.31. The van der Waals surface area contributed by atoms with Gasteiger partial charge in [0.2, 0.25) is 5.88 Å². The summed E-state index contributed by atoms with van der Waals surface area (Å²) in [6, 6.07) is 7.53. The molecule has 4 heterocycles. The number of alkyl halides is 3. The minimum atomic E-state index is -4.91. The summed E-state index contributed by atoms with van der Waals surface area (Å²) in [7, 11) is 1.41. The number of anilines is 1. The number of rotatable bonds is 5. The number of carbonyl (C=O) groups excluding carboxylic acids is 1. The molecule has 5 rings (SSSR count). The van der Waals surface area contributed by atoms with Gasteiger partial charge in [-0.05, 0) is 24.3 Å². The molecule has 0 bridgehead atoms. The highest BCUT2D eigenvalue weighted by Gasteiger charge is 2.41. The van der Waals surface area contributed by atoms with Gasteiger partial charge in [-0.1, -0.05) is 17.7 Å². The van der Waals surface area contributed by atoms with Crippen molar-refractivity contribution in [3.8, 4) is 17.4 Å². The molecule has 0 fully saturated rings. The van der Waals surface area contributed by atoms with Crippen molar-refractivity contribution < 1.29 is 22.7 Å². The van der Waals surface area contributed by atoms with Crippen LogP contribution in [0.25, 0.3) is 22.3 Å². The number of aromatic nitrogens is 7. The number of amides is 1. The molecule has 14 heteroatoms. The summed E-state index contributed by atoms with van der Waals surface area (Å²) < 4.78 is 48.5. The predicted molar refractivity (Wildman–Crippen MR) is 123 cm³/mol. The Balaban J connectivity index is 1.54. The number of pyridine rings is 2. The third kappa shape index (κ3) is 4.09. The lowest BCUT2D eigenvalue weighted by atomic mass is 10.1. The molecule has 0 saturated heterocycles. The van der Waals surface area contributed by atoms with Crippen molar-refractivity contribution in [2.45, 2.75) is 6.18 Å². The van der Waals surface area contributed by atoms with Gasteiger partial charge in [0.05, 0.1) is 53.9 Å². The van der Waals surface area contributed by atoms with Crippen LogP contribution in [0.15, 0.2) is 61.3 Å². The second-order valence-corrected chi connectivity index (χ2v) is 7.72. The van der Waals surface area contributed by atoms with Crippen LogP contribution in [-0.2, 0) is 6.18 Å². The highest BCUT2D eigenvalue weighted by molar-refractivity contribution is 6.32. The summed E-state index contributed by atoms with van der Waals surface area (Å²) in [4.78, 5) is 22.2. The maximum Gasteiger partial charge on any atom is 0.434 e. The Hall–Kier alpha value is -4.52. The fraction of sp³-hybridized carbons (Fsp3) is 0.0909. The monoisotopic (exact) mass is 514 g/mol. The minimum Gasteiger partial charge on any atom is -0.481 e. The van der Waals surface area contributed by atoms with Gasteiger partial charge in [0.15, 0.2) is 11.5 Å². The van der Waals surface area contributed by atoms with Crippen molar-refractivity contribution >= 4 is 34.0 Å². The van der Waals surface area contributed by atoms with Crippen LogP contribution >= 0.6 is 11.6 Å². The Labute approximate surface area is 205 Å². The summed E-state index contributed by atoms with van der Waals surface area (Å²) in [5.41, 5.74) is -1.77. The largest absolute Gasteiger partial charge is 0.481 e. The number of halogens is 4. The standard InChI is InChI=1S/C22H14ClF3N8O2/c1-36-21-14-3-2-4-17(13(14)5-6-27-21)33-18(22(24,25)26)15(11-31-33)20(35)32-12-9-16(23)19(28-10-12)34-29-7-8-30-34/h2-11H,1H3,(H,32,35). The molecule has 182 valence electrons. The number of carbonyl (C=O) groups is 1. The van der Waals surface area contributed by atoms with Gasteiger partial charge in [0, 0.05) is 17.0 Å². The number of hydrogen-bond donors (Lipinski definition) is 1. The van der Waals surface area contributed by atoms with E-state index in [1.165, 1.54) is 44.0 Å². The Morgan fingerprint density at radius 2 is 1.81 bits per heavy atom. The Morgan fingerprint density at radius 3 is 2.50 bits per heavy atom. The van der Waals surface area contributed by atoms with E-state index < -0.39 is 23.3 Å². The van der Waals surface area contributed by atoms with Crippen LogP contribution in [0.2, 0.25) is 5.02 Å². The van der Waals surface area contributed by atoms with Crippen LogP contribution in [-0.4, -0.2) is 47.8 Å². The predicted octanol–water partition coefficient (Wildman–Crippen LogP) is 4.33. The molecule has 0 aliphatic heterocycles. The lowest BCUT2D eigenvalue weighted by molar-refractivity contribution is -0.143. The van der Waals surface area contributed by atoms with Crippen LogP contribution < -0.4 is 10.1 Å². The van der Waals surface area contributed by atoms with Gasteiger partial charge in [-0.3, -0.25) is 4.79 Å². The maximum absolute atomic E-state index is 14.2. The van der Waals surface area contributed by atoms with E-state index in [0.717, 1.165) is 11.0 Å². The highest BCUT2D eigenvalue weighted by atomic mass is 35.5. The molecule has 36 heavy (non-hydrogen) atoms. The van der Waals surface area contributed by atoms with Gasteiger partial charge in [0.1, 0.15) is 0 Å². The topological polar surface area (TPSA) is 113 Å². The molecule has 0 radical (unpaired) electrons. The average molecular weight is 515 g/mol. The quantitative estimate of drug-likeness (QED) is 0.371. The molecule has 5 aromatic rings. The van der Waals surface area contributed by atoms with Crippen molar-refractivity contribution in [3.63, 3.8) is 0 Å². The average Bonchev–Trinajstić information content (AvgIpc) is 3.54. The lowest BCUT2D eigenvalue weighted by Crippen LogP contribution is -2.21. The van der Waals surface area contributed by atoms with Gasteiger partial charge in [-0.15, -0.1) is 4.80 Å². The zero-order valence-electron chi connectivity index (χ0n) is 18.2. The van der Waals surface area contributed by atoms with Crippen molar-refractivity contribution in [2.75, 3.05) is 12.4 Å². The summed E-state index contributed by atoms with van der Waals surface area (Å²) in [6.45, 7) is 0. The zero-order chi connectivity index (χ0) is 25.4. The molecular formula is C22H14ClF3N8O2. The SMILES string of the molecule is COc1nccc2c(-n3ncc(C(=O)Nc4cnc(-n5nccn5)c(Cl)c4)c3C(F)(F)F)cccc12. The molecule has 0 aliphatic carbocycles. The first kappa shape index (κ1) is 23.2. The number of ether oxygens (including phenoxy) is 1. The van der Waals surface area contributed by atoms with E-state index in [1.807, 2.05) is 0 Å². The van der Waals surface area contributed by atoms with Crippen LogP contribution in [0, 0.1) is 0 Å². The summed E-state index contributed by atoms with van der Waals surface area (Å²) in [5, 5.41) is 15.1. The molecule has 0 spiro atoms. The van der Waals surface area contributed by atoms with E-state index in [4.69, 9.17) is 16.3 Å². The minimum absolute atomic E-state index is 0.0720. The number of nitrogens with one attached hydrogen (secondary N) is 1. The molecule has 10 nitrogen and oxygen atoms in total. The number of fused-ring (bicyclic) bond motifs is 1. The van der Waals surface area contributed by atoms with E-state index in [2.05, 4.69) is 30.6 Å². The first-order valence-electron chi connectivity index (χ1n) is 10.2. The molecule has 0 atom stereocenters. The van der Waals surface area contributed by atoms with Gasteiger partial charge < -0.3 is 10.1 Å². The number of methoxy groups -OCH3 is 1. The number of hydrogen-bond acceptors (Lipinski definition) is 7. The molecule has 1 N–H and O–H groups in total. The molecular weight excluding hydrogens is 501 g/mol. The van der Waals surface area contributed by atoms with Gasteiger partial charge in [0.25, 0.3) is 5.91 Å². The van der Waals surface area contributed by atoms with Crippen molar-refractivity contribution in [2.24, 2.45) is 0 Å². The Morgan fingerprint density at radius 1 is 1.03 bits per heavy atom. The summed E-state index contributed by atoms with van der Waals surface area (Å²) in [6.07, 6.45) is 1.43. The molecule has 0 saturated carbocycles. The van der Waals surface area contributed by atoms with Crippen LogP contribution in [0.3, 0.4) is 0 Å². The summed E-state index contributed by atoms with van der Waals surface area (Å²) >= 11 is 6.19. The fourth-order valence-electron chi connectivity index (χ4n) is 3.65. The van der Waals surface area contributed by atoms with Crippen LogP contribution in [0.1, 0.15) is 16.1 Å². The summed E-state index contributed by atoms with van der Waals surface area (Å²) in [5.74, 6) is -0.619. The normalized spacial score (nSPS) is 11.6. The molecule has 4 aromatic heterocycles. The molecule has 0 aliphatic rings. The highest BCUT2D eigenvalue weighted by Crippen LogP contribution is 2.36. The smallest absolute Gasteiger partial charge is 0.434 e. The molecule has 1 aromatic carbocycles. The first-order chi connectivity index (χ1) is 17.3. The van der Waals surface area contributed by atoms with Crippen molar-refractivity contribution in [3.05, 3.63) is 77.6 Å². The third-order valence-electron chi connectivity index (χ3n) is 5.14. The molecule has 0 unspecified atom stereocenters. The number of benzene rings is 1. The van der Waals surface area contributed by atoms with Gasteiger partial charge in [-0.25, -0.2) is 14.6 Å². The lowest BCUT2D eigenvalue weighted by Gasteiger charge is -2.15. The van der Waals surface area contributed by atoms with Crippen molar-refractivity contribution in [1.82, 2.24) is 34.7 Å². The zero-order valence-corrected chi connectivity index (χ0v) is 19.0. The second kappa shape index (κ2) is 8.92. The molecule has 1 amide bonds. The van der Waals surface area contributed by atoms with Crippen molar-refractivity contribution in [1.29, 1.82) is 0 Å². The number of nitrogens with zero attached hydrogens (tertiary/aromatic N) is 7. The van der Waals surface area contributed by atoms with Crippen LogP contribution in [0.4, 0.5) is 18.9 Å². The van der Waals surface area contributed by atoms with E-state index in [-0.39, 0.29) is 28.1 Å². The van der Waals surface area contributed by atoms with Gasteiger partial charge >= 0.3 is 6.18 Å². The first-order valence-corrected chi connectivity index (χ1v) is 10.6.